The highest BCUT2D eigenvalue weighted by atomic mass is 16.4. The van der Waals surface area contributed by atoms with E-state index < -0.39 is 24.3 Å². The number of amides is 1. The molecule has 0 unspecified atom stereocenters. The molecule has 158 valence electrons. The number of aromatic amines is 1. The summed E-state index contributed by atoms with van der Waals surface area (Å²) in [6.45, 7) is 3.90. The fraction of sp³-hybridized carbons (Fsp3) is 0.250. The molecule has 0 saturated carbocycles. The number of benzene rings is 2. The van der Waals surface area contributed by atoms with Crippen molar-refractivity contribution >= 4 is 28.5 Å². The normalized spacial score (nSPS) is 15.9. The number of hydrogen-bond acceptors (Lipinski definition) is 5. The molecule has 1 aliphatic rings. The quantitative estimate of drug-likeness (QED) is 0.689. The maximum atomic E-state index is 12.9. The second kappa shape index (κ2) is 8.18. The maximum absolute atomic E-state index is 12.9. The molecule has 31 heavy (non-hydrogen) atoms. The van der Waals surface area contributed by atoms with Gasteiger partial charge in [0.1, 0.15) is 0 Å². The average molecular weight is 416 g/mol. The number of carbonyl (C=O) groups is 2. The summed E-state index contributed by atoms with van der Waals surface area (Å²) in [5, 5.41) is 17.5. The van der Waals surface area contributed by atoms with Crippen LogP contribution in [0, 0.1) is 13.8 Å². The smallest absolute Gasteiger partial charge is 0.253 e. The van der Waals surface area contributed by atoms with E-state index in [2.05, 4.69) is 10.1 Å². The zero-order chi connectivity index (χ0) is 22.1. The molecule has 1 aromatic heterocycles. The van der Waals surface area contributed by atoms with E-state index >= 15 is 0 Å². The van der Waals surface area contributed by atoms with Crippen LogP contribution in [0.3, 0.4) is 0 Å². The van der Waals surface area contributed by atoms with E-state index in [1.807, 2.05) is 56.3 Å². The number of aromatic nitrogens is 1. The molecule has 3 aromatic rings. The van der Waals surface area contributed by atoms with E-state index in [0.717, 1.165) is 27.6 Å². The SMILES string of the molecule is Cc1ccc(C2=NN(C(=O)CCC(=O)[O-])[C@@H](c3cc4cccc(C)c4[nH]c3=O)C2)cc1. The van der Waals surface area contributed by atoms with Crippen molar-refractivity contribution < 1.29 is 14.7 Å². The predicted octanol–water partition coefficient (Wildman–Crippen LogP) is 2.35. The highest BCUT2D eigenvalue weighted by Crippen LogP contribution is 2.33. The zero-order valence-corrected chi connectivity index (χ0v) is 17.3. The van der Waals surface area contributed by atoms with Crippen LogP contribution in [-0.2, 0) is 9.59 Å². The van der Waals surface area contributed by atoms with Crippen LogP contribution < -0.4 is 10.7 Å². The molecule has 1 atom stereocenters. The topological polar surface area (TPSA) is 106 Å². The molecule has 1 amide bonds. The summed E-state index contributed by atoms with van der Waals surface area (Å²) in [6.07, 6.45) is -0.278. The Labute approximate surface area is 179 Å². The van der Waals surface area contributed by atoms with Gasteiger partial charge in [0.15, 0.2) is 0 Å². The third-order valence-corrected chi connectivity index (χ3v) is 5.57. The molecule has 1 N–H and O–H groups in total. The summed E-state index contributed by atoms with van der Waals surface area (Å²) in [4.78, 5) is 39.5. The number of nitrogens with one attached hydrogen (secondary N) is 1. The number of hydrogen-bond donors (Lipinski definition) is 1. The summed E-state index contributed by atoms with van der Waals surface area (Å²) in [7, 11) is 0. The Bertz CT molecular complexity index is 1260. The van der Waals surface area contributed by atoms with Gasteiger partial charge in [-0.05, 0) is 42.8 Å². The first-order valence-corrected chi connectivity index (χ1v) is 10.1. The molecular formula is C24H22N3O4-. The standard InChI is InChI=1S/C24H23N3O4/c1-14-6-8-16(9-7-14)19-13-20(27(26-19)21(28)10-11-22(29)30)18-12-17-5-3-4-15(2)23(17)25-24(18)31/h3-9,12,20H,10-11,13H2,1-2H3,(H,25,31)(H,29,30)/p-1/t20-/m1/s1. The molecule has 0 radical (unpaired) electrons. The lowest BCUT2D eigenvalue weighted by molar-refractivity contribution is -0.305. The van der Waals surface area contributed by atoms with Crippen molar-refractivity contribution in [1.82, 2.24) is 9.99 Å². The minimum Gasteiger partial charge on any atom is -0.550 e. The van der Waals surface area contributed by atoms with Crippen LogP contribution in [-0.4, -0.2) is 27.6 Å². The van der Waals surface area contributed by atoms with Crippen LogP contribution in [0.2, 0.25) is 0 Å². The first kappa shape index (κ1) is 20.5. The number of para-hydroxylation sites is 1. The summed E-state index contributed by atoms with van der Waals surface area (Å²) < 4.78 is 0. The second-order valence-corrected chi connectivity index (χ2v) is 7.84. The van der Waals surface area contributed by atoms with Gasteiger partial charge in [0, 0.05) is 24.4 Å². The second-order valence-electron chi connectivity index (χ2n) is 7.84. The molecular weight excluding hydrogens is 394 g/mol. The number of fused-ring (bicyclic) bond motifs is 1. The van der Waals surface area contributed by atoms with E-state index in [4.69, 9.17) is 0 Å². The number of H-pyrrole nitrogens is 1. The molecule has 0 aliphatic carbocycles. The molecule has 2 heterocycles. The van der Waals surface area contributed by atoms with Crippen molar-refractivity contribution in [3.05, 3.63) is 81.1 Å². The summed E-state index contributed by atoms with van der Waals surface area (Å²) >= 11 is 0. The van der Waals surface area contributed by atoms with Gasteiger partial charge in [-0.2, -0.15) is 5.10 Å². The van der Waals surface area contributed by atoms with Gasteiger partial charge in [-0.1, -0.05) is 48.0 Å². The van der Waals surface area contributed by atoms with Gasteiger partial charge >= 0.3 is 0 Å². The van der Waals surface area contributed by atoms with Crippen LogP contribution >= 0.6 is 0 Å². The molecule has 7 heteroatoms. The third kappa shape index (κ3) is 4.12. The van der Waals surface area contributed by atoms with Crippen molar-refractivity contribution in [2.45, 2.75) is 39.2 Å². The average Bonchev–Trinajstić information content (AvgIpc) is 3.18. The van der Waals surface area contributed by atoms with Crippen LogP contribution in [0.5, 0.6) is 0 Å². The molecule has 1 aliphatic heterocycles. The van der Waals surface area contributed by atoms with Crippen LogP contribution in [0.15, 0.2) is 58.4 Å². The van der Waals surface area contributed by atoms with Gasteiger partial charge in [0.2, 0.25) is 5.91 Å². The number of aliphatic carboxylic acids is 1. The predicted molar refractivity (Wildman–Crippen MR) is 115 cm³/mol. The van der Waals surface area contributed by atoms with Crippen molar-refractivity contribution in [1.29, 1.82) is 0 Å². The van der Waals surface area contributed by atoms with Gasteiger partial charge in [-0.15, -0.1) is 0 Å². The summed E-state index contributed by atoms with van der Waals surface area (Å²) in [6, 6.07) is 14.7. The van der Waals surface area contributed by atoms with E-state index in [1.54, 1.807) is 6.07 Å². The lowest BCUT2D eigenvalue weighted by Gasteiger charge is -2.22. The number of carbonyl (C=O) groups excluding carboxylic acids is 2. The number of aryl methyl sites for hydroxylation is 2. The molecule has 0 bridgehead atoms. The summed E-state index contributed by atoms with van der Waals surface area (Å²) in [5.41, 5.74) is 4.47. The minimum absolute atomic E-state index is 0.242. The maximum Gasteiger partial charge on any atom is 0.253 e. The van der Waals surface area contributed by atoms with Crippen molar-refractivity contribution in [3.63, 3.8) is 0 Å². The van der Waals surface area contributed by atoms with Crippen molar-refractivity contribution in [3.8, 4) is 0 Å². The molecule has 0 saturated heterocycles. The number of nitrogens with zero attached hydrogens (tertiary/aromatic N) is 2. The van der Waals surface area contributed by atoms with Gasteiger partial charge in [-0.3, -0.25) is 9.59 Å². The largest absolute Gasteiger partial charge is 0.550 e. The number of rotatable bonds is 5. The van der Waals surface area contributed by atoms with E-state index in [1.165, 1.54) is 5.01 Å². The Morgan fingerprint density at radius 2 is 1.87 bits per heavy atom. The molecule has 0 spiro atoms. The fourth-order valence-corrected chi connectivity index (χ4v) is 3.87. The van der Waals surface area contributed by atoms with Gasteiger partial charge in [0.25, 0.3) is 5.56 Å². The molecule has 0 fully saturated rings. The first-order chi connectivity index (χ1) is 14.8. The first-order valence-electron chi connectivity index (χ1n) is 10.1. The van der Waals surface area contributed by atoms with E-state index in [-0.39, 0.29) is 12.0 Å². The number of carboxylic acids is 1. The monoisotopic (exact) mass is 416 g/mol. The number of hydrazone groups is 1. The number of carboxylic acid groups (broad SMARTS) is 1. The lowest BCUT2D eigenvalue weighted by Crippen LogP contribution is -2.32. The third-order valence-electron chi connectivity index (χ3n) is 5.57. The Morgan fingerprint density at radius 1 is 1.13 bits per heavy atom. The van der Waals surface area contributed by atoms with E-state index in [0.29, 0.717) is 17.7 Å². The Kier molecular flexibility index (Phi) is 5.42. The Morgan fingerprint density at radius 3 is 2.58 bits per heavy atom. The fourth-order valence-electron chi connectivity index (χ4n) is 3.87. The zero-order valence-electron chi connectivity index (χ0n) is 17.3. The van der Waals surface area contributed by atoms with Gasteiger partial charge in [0.05, 0.1) is 17.3 Å². The highest BCUT2D eigenvalue weighted by molar-refractivity contribution is 6.03. The molecule has 2 aromatic carbocycles. The minimum atomic E-state index is -1.30. The Hall–Kier alpha value is -3.74. The van der Waals surface area contributed by atoms with Crippen LogP contribution in [0.4, 0.5) is 0 Å². The Balaban J connectivity index is 1.76. The van der Waals surface area contributed by atoms with Crippen molar-refractivity contribution in [2.75, 3.05) is 0 Å². The van der Waals surface area contributed by atoms with E-state index in [9.17, 15) is 19.5 Å². The van der Waals surface area contributed by atoms with Crippen LogP contribution in [0.1, 0.15) is 47.6 Å². The number of pyridine rings is 1. The lowest BCUT2D eigenvalue weighted by atomic mass is 9.97. The van der Waals surface area contributed by atoms with Crippen LogP contribution in [0.25, 0.3) is 10.9 Å². The highest BCUT2D eigenvalue weighted by Gasteiger charge is 2.34. The van der Waals surface area contributed by atoms with Gasteiger partial charge in [-0.25, -0.2) is 5.01 Å². The molecule has 4 rings (SSSR count). The van der Waals surface area contributed by atoms with Crippen molar-refractivity contribution in [2.24, 2.45) is 5.10 Å². The molecule has 7 nitrogen and oxygen atoms in total. The van der Waals surface area contributed by atoms with Gasteiger partial charge < -0.3 is 14.9 Å². The summed E-state index contributed by atoms with van der Waals surface area (Å²) in [5.74, 6) is -1.76.